The Morgan fingerprint density at radius 3 is 2.60 bits per heavy atom. The molecule has 0 radical (unpaired) electrons. The van der Waals surface area contributed by atoms with Crippen LogP contribution in [0.2, 0.25) is 0 Å². The highest BCUT2D eigenvalue weighted by atomic mass is 32.2. The molecule has 1 saturated heterocycles. The van der Waals surface area contributed by atoms with E-state index in [0.29, 0.717) is 0 Å². The minimum absolute atomic E-state index is 0.00250. The summed E-state index contributed by atoms with van der Waals surface area (Å²) >= 11 is 0. The summed E-state index contributed by atoms with van der Waals surface area (Å²) < 4.78 is 39.4. The zero-order valence-electron chi connectivity index (χ0n) is 13.7. The van der Waals surface area contributed by atoms with Crippen LogP contribution in [0.15, 0.2) is 47.9 Å². The molecule has 0 bridgehead atoms. The van der Waals surface area contributed by atoms with Crippen LogP contribution in [0.4, 0.5) is 4.79 Å². The van der Waals surface area contributed by atoms with E-state index in [2.05, 4.69) is 11.3 Å². The Labute approximate surface area is 146 Å². The summed E-state index contributed by atoms with van der Waals surface area (Å²) in [5.41, 5.74) is 0. The number of amides is 1. The molecular formula is C16H19NO7S. The second kappa shape index (κ2) is 8.13. The zero-order valence-corrected chi connectivity index (χ0v) is 14.5. The third kappa shape index (κ3) is 4.58. The average molecular weight is 369 g/mol. The molecule has 1 heterocycles. The summed E-state index contributed by atoms with van der Waals surface area (Å²) in [6, 6.07) is 6.65. The third-order valence-electron chi connectivity index (χ3n) is 3.59. The topological polar surface area (TPSA) is 99.2 Å². The molecule has 1 amide bonds. The van der Waals surface area contributed by atoms with Gasteiger partial charge in [0.2, 0.25) is 0 Å². The number of carbonyl (C=O) groups excluding carboxylic acids is 2. The van der Waals surface area contributed by atoms with Gasteiger partial charge in [0.25, 0.3) is 10.1 Å². The lowest BCUT2D eigenvalue weighted by molar-refractivity contribution is -0.145. The fourth-order valence-electron chi connectivity index (χ4n) is 2.46. The van der Waals surface area contributed by atoms with E-state index in [9.17, 15) is 18.0 Å². The highest BCUT2D eigenvalue weighted by Gasteiger charge is 2.43. The van der Waals surface area contributed by atoms with E-state index < -0.39 is 34.3 Å². The largest absolute Gasteiger partial charge is 0.467 e. The Morgan fingerprint density at radius 1 is 1.32 bits per heavy atom. The lowest BCUT2D eigenvalue weighted by Gasteiger charge is -2.21. The lowest BCUT2D eigenvalue weighted by Crippen LogP contribution is -2.41. The molecule has 0 aliphatic carbocycles. The molecule has 0 saturated carbocycles. The van der Waals surface area contributed by atoms with Gasteiger partial charge in [-0.1, -0.05) is 30.9 Å². The van der Waals surface area contributed by atoms with Crippen LogP contribution in [-0.2, 0) is 28.6 Å². The average Bonchev–Trinajstić information content (AvgIpc) is 3.03. The monoisotopic (exact) mass is 369 g/mol. The van der Waals surface area contributed by atoms with Crippen molar-refractivity contribution in [2.24, 2.45) is 0 Å². The van der Waals surface area contributed by atoms with Crippen LogP contribution in [-0.4, -0.2) is 57.8 Å². The maximum absolute atomic E-state index is 12.3. The quantitative estimate of drug-likeness (QED) is 0.424. The molecule has 2 rings (SSSR count). The van der Waals surface area contributed by atoms with Crippen LogP contribution in [0, 0.1) is 0 Å². The van der Waals surface area contributed by atoms with E-state index in [1.165, 1.54) is 25.3 Å². The van der Waals surface area contributed by atoms with E-state index in [4.69, 9.17) is 8.92 Å². The number of likely N-dealkylation sites (tertiary alicyclic amines) is 1. The number of nitrogens with zero attached hydrogens (tertiary/aromatic N) is 1. The number of hydrogen-bond acceptors (Lipinski definition) is 7. The lowest BCUT2D eigenvalue weighted by atomic mass is 10.2. The van der Waals surface area contributed by atoms with Crippen molar-refractivity contribution in [3.63, 3.8) is 0 Å². The van der Waals surface area contributed by atoms with Crippen molar-refractivity contribution in [1.82, 2.24) is 4.90 Å². The molecule has 0 spiro atoms. The maximum atomic E-state index is 12.3. The van der Waals surface area contributed by atoms with Crippen molar-refractivity contribution >= 4 is 22.2 Å². The zero-order chi connectivity index (χ0) is 18.4. The molecule has 0 aromatic heterocycles. The van der Waals surface area contributed by atoms with Gasteiger partial charge in [-0.2, -0.15) is 8.42 Å². The molecule has 1 aromatic rings. The van der Waals surface area contributed by atoms with E-state index in [1.54, 1.807) is 18.2 Å². The van der Waals surface area contributed by atoms with Gasteiger partial charge in [-0.25, -0.2) is 9.59 Å². The van der Waals surface area contributed by atoms with Gasteiger partial charge >= 0.3 is 12.1 Å². The molecule has 8 nitrogen and oxygen atoms in total. The Morgan fingerprint density at radius 2 is 2.00 bits per heavy atom. The molecule has 136 valence electrons. The summed E-state index contributed by atoms with van der Waals surface area (Å²) in [5.74, 6) is -0.668. The molecule has 1 aliphatic rings. The maximum Gasteiger partial charge on any atom is 0.410 e. The number of hydrogen-bond donors (Lipinski definition) is 0. The van der Waals surface area contributed by atoms with Crippen LogP contribution in [0.5, 0.6) is 0 Å². The van der Waals surface area contributed by atoms with E-state index in [1.807, 2.05) is 0 Å². The number of ether oxygens (including phenoxy) is 2. The third-order valence-corrected chi connectivity index (χ3v) is 4.96. The molecule has 2 atom stereocenters. The standard InChI is InChI=1S/C16H19NO7S/c1-3-9-23-16(19)17-11-12(10-14(17)15(18)22-2)24-25(20,21)13-7-5-4-6-8-13/h3-8,12,14H,1,9-11H2,2H3/t12-,14+/m1/s1. The fraction of sp³-hybridized carbons (Fsp3) is 0.375. The number of esters is 1. The molecule has 0 N–H and O–H groups in total. The van der Waals surface area contributed by atoms with Crippen LogP contribution in [0.3, 0.4) is 0 Å². The van der Waals surface area contributed by atoms with Crippen molar-refractivity contribution in [2.75, 3.05) is 20.3 Å². The van der Waals surface area contributed by atoms with Gasteiger partial charge < -0.3 is 9.47 Å². The molecular weight excluding hydrogens is 350 g/mol. The number of methoxy groups -OCH3 is 1. The predicted molar refractivity (Wildman–Crippen MR) is 87.2 cm³/mol. The summed E-state index contributed by atoms with van der Waals surface area (Å²) in [4.78, 5) is 25.0. The van der Waals surface area contributed by atoms with Gasteiger partial charge in [0.05, 0.1) is 24.7 Å². The number of benzene rings is 1. The first-order chi connectivity index (χ1) is 11.9. The number of carbonyl (C=O) groups is 2. The van der Waals surface area contributed by atoms with E-state index >= 15 is 0 Å². The summed E-state index contributed by atoms with van der Waals surface area (Å²) in [5, 5.41) is 0. The Kier molecular flexibility index (Phi) is 6.16. The second-order valence-electron chi connectivity index (χ2n) is 5.28. The van der Waals surface area contributed by atoms with Crippen molar-refractivity contribution in [1.29, 1.82) is 0 Å². The highest BCUT2D eigenvalue weighted by Crippen LogP contribution is 2.25. The van der Waals surface area contributed by atoms with Gasteiger partial charge in [-0.05, 0) is 12.1 Å². The Balaban J connectivity index is 2.14. The first-order valence-corrected chi connectivity index (χ1v) is 8.90. The fourth-order valence-corrected chi connectivity index (χ4v) is 3.56. The van der Waals surface area contributed by atoms with Crippen molar-refractivity contribution < 1.29 is 31.7 Å². The van der Waals surface area contributed by atoms with Crippen LogP contribution in [0.25, 0.3) is 0 Å². The van der Waals surface area contributed by atoms with Crippen molar-refractivity contribution in [2.45, 2.75) is 23.5 Å². The second-order valence-corrected chi connectivity index (χ2v) is 6.85. The van der Waals surface area contributed by atoms with Gasteiger partial charge in [-0.15, -0.1) is 0 Å². The molecule has 1 fully saturated rings. The number of rotatable bonds is 6. The Bertz CT molecular complexity index is 732. The van der Waals surface area contributed by atoms with Crippen molar-refractivity contribution in [3.8, 4) is 0 Å². The van der Waals surface area contributed by atoms with E-state index in [0.717, 1.165) is 4.90 Å². The van der Waals surface area contributed by atoms with Crippen LogP contribution in [0.1, 0.15) is 6.42 Å². The minimum Gasteiger partial charge on any atom is -0.467 e. The van der Waals surface area contributed by atoms with Gasteiger partial charge in [0, 0.05) is 6.42 Å². The summed E-state index contributed by atoms with van der Waals surface area (Å²) in [7, 11) is -2.83. The van der Waals surface area contributed by atoms with Gasteiger partial charge in [0.15, 0.2) is 0 Å². The smallest absolute Gasteiger partial charge is 0.410 e. The molecule has 1 aromatic carbocycles. The Hall–Kier alpha value is -2.39. The van der Waals surface area contributed by atoms with Crippen LogP contribution >= 0.6 is 0 Å². The first-order valence-electron chi connectivity index (χ1n) is 7.49. The van der Waals surface area contributed by atoms with E-state index in [-0.39, 0.29) is 24.5 Å². The van der Waals surface area contributed by atoms with Crippen molar-refractivity contribution in [3.05, 3.63) is 43.0 Å². The molecule has 9 heteroatoms. The summed E-state index contributed by atoms with van der Waals surface area (Å²) in [6.45, 7) is 3.30. The SMILES string of the molecule is C=CCOC(=O)N1C[C@H](OS(=O)(=O)c2ccccc2)C[C@H]1C(=O)OC. The summed E-state index contributed by atoms with van der Waals surface area (Å²) in [6.07, 6.45) is -0.277. The minimum atomic E-state index is -4.01. The van der Waals surface area contributed by atoms with Gasteiger partial charge in [-0.3, -0.25) is 9.08 Å². The van der Waals surface area contributed by atoms with Gasteiger partial charge in [0.1, 0.15) is 12.6 Å². The van der Waals surface area contributed by atoms with Crippen LogP contribution < -0.4 is 0 Å². The first kappa shape index (κ1) is 18.9. The molecule has 25 heavy (non-hydrogen) atoms. The molecule has 0 unspecified atom stereocenters. The molecule has 1 aliphatic heterocycles. The highest BCUT2D eigenvalue weighted by molar-refractivity contribution is 7.86. The predicted octanol–water partition coefficient (Wildman–Crippen LogP) is 1.33. The normalized spacial score (nSPS) is 20.1.